The standard InChI is InChI=1S/C23H15O2/c1-14-6-4-7-15(12-14)20-13-16-8-5-11-19-21(16)23(25-20)18-10-3-2-9-17(18)22(19)24/h2-13H,1H3/q+1. The van der Waals surface area contributed by atoms with Gasteiger partial charge in [0.25, 0.3) is 0 Å². The molecule has 0 amide bonds. The van der Waals surface area contributed by atoms with Gasteiger partial charge in [-0.05, 0) is 25.1 Å². The van der Waals surface area contributed by atoms with Crippen molar-refractivity contribution >= 4 is 16.6 Å². The van der Waals surface area contributed by atoms with Crippen molar-refractivity contribution in [3.8, 4) is 22.6 Å². The Morgan fingerprint density at radius 3 is 2.36 bits per heavy atom. The molecule has 0 unspecified atom stereocenters. The molecule has 0 atom stereocenters. The van der Waals surface area contributed by atoms with E-state index >= 15 is 0 Å². The van der Waals surface area contributed by atoms with Crippen molar-refractivity contribution in [2.24, 2.45) is 0 Å². The van der Waals surface area contributed by atoms with Crippen molar-refractivity contribution in [1.29, 1.82) is 0 Å². The van der Waals surface area contributed by atoms with Crippen molar-refractivity contribution in [3.05, 3.63) is 89.5 Å². The first kappa shape index (κ1) is 14.1. The van der Waals surface area contributed by atoms with E-state index in [9.17, 15) is 4.79 Å². The Bertz CT molecular complexity index is 1170. The summed E-state index contributed by atoms with van der Waals surface area (Å²) in [5.41, 5.74) is 4.51. The smallest absolute Gasteiger partial charge is 0.289 e. The van der Waals surface area contributed by atoms with Crippen LogP contribution in [0.2, 0.25) is 0 Å². The van der Waals surface area contributed by atoms with Gasteiger partial charge in [0.2, 0.25) is 0 Å². The molecule has 0 fully saturated rings. The third kappa shape index (κ3) is 2.04. The molecule has 1 heterocycles. The van der Waals surface area contributed by atoms with Gasteiger partial charge in [0, 0.05) is 16.5 Å². The minimum atomic E-state index is 0.0622. The van der Waals surface area contributed by atoms with E-state index in [1.807, 2.05) is 60.7 Å². The molecule has 1 aliphatic rings. The van der Waals surface area contributed by atoms with Gasteiger partial charge < -0.3 is 0 Å². The maximum atomic E-state index is 12.9. The van der Waals surface area contributed by atoms with Gasteiger partial charge in [-0.3, -0.25) is 4.79 Å². The highest BCUT2D eigenvalue weighted by molar-refractivity contribution is 6.25. The fraction of sp³-hybridized carbons (Fsp3) is 0.0435. The highest BCUT2D eigenvalue weighted by atomic mass is 16.3. The molecule has 25 heavy (non-hydrogen) atoms. The van der Waals surface area contributed by atoms with Crippen LogP contribution in [0.4, 0.5) is 0 Å². The lowest BCUT2D eigenvalue weighted by Crippen LogP contribution is -2.09. The van der Waals surface area contributed by atoms with Crippen LogP contribution < -0.4 is 0 Å². The van der Waals surface area contributed by atoms with Crippen LogP contribution in [0.15, 0.2) is 77.2 Å². The fourth-order valence-corrected chi connectivity index (χ4v) is 3.62. The molecule has 0 N–H and O–H groups in total. The van der Waals surface area contributed by atoms with Crippen LogP contribution in [0.25, 0.3) is 33.4 Å². The highest BCUT2D eigenvalue weighted by Crippen LogP contribution is 2.41. The van der Waals surface area contributed by atoms with E-state index in [4.69, 9.17) is 4.42 Å². The second kappa shape index (κ2) is 5.12. The Morgan fingerprint density at radius 2 is 1.52 bits per heavy atom. The first-order chi connectivity index (χ1) is 12.2. The van der Waals surface area contributed by atoms with E-state index in [0.29, 0.717) is 11.1 Å². The lowest BCUT2D eigenvalue weighted by Gasteiger charge is -2.13. The maximum absolute atomic E-state index is 12.9. The van der Waals surface area contributed by atoms with Crippen molar-refractivity contribution in [1.82, 2.24) is 0 Å². The van der Waals surface area contributed by atoms with Gasteiger partial charge in [0.15, 0.2) is 5.78 Å². The van der Waals surface area contributed by atoms with Crippen LogP contribution >= 0.6 is 0 Å². The molecular formula is C23H15O2+. The number of benzene rings is 3. The molecule has 5 rings (SSSR count). The number of ketones is 1. The van der Waals surface area contributed by atoms with Crippen molar-refractivity contribution in [3.63, 3.8) is 0 Å². The van der Waals surface area contributed by atoms with Gasteiger partial charge >= 0.3 is 11.5 Å². The molecule has 0 saturated heterocycles. The topological polar surface area (TPSA) is 28.4 Å². The third-order valence-corrected chi connectivity index (χ3v) is 4.79. The van der Waals surface area contributed by atoms with E-state index < -0.39 is 0 Å². The van der Waals surface area contributed by atoms with Crippen molar-refractivity contribution in [2.45, 2.75) is 6.92 Å². The van der Waals surface area contributed by atoms with E-state index in [-0.39, 0.29) is 5.78 Å². The monoisotopic (exact) mass is 323 g/mol. The average Bonchev–Trinajstić information content (AvgIpc) is 2.65. The fourth-order valence-electron chi connectivity index (χ4n) is 3.62. The number of carbonyl (C=O) groups excluding carboxylic acids is 1. The first-order valence-electron chi connectivity index (χ1n) is 8.33. The molecule has 2 heteroatoms. The predicted octanol–water partition coefficient (Wildman–Crippen LogP) is 5.90. The normalized spacial score (nSPS) is 12.3. The third-order valence-electron chi connectivity index (χ3n) is 4.79. The summed E-state index contributed by atoms with van der Waals surface area (Å²) in [6, 6.07) is 23.8. The Labute approximate surface area is 145 Å². The molecule has 118 valence electrons. The molecule has 0 radical (unpaired) electrons. The molecular weight excluding hydrogens is 308 g/mol. The molecule has 0 spiro atoms. The molecule has 1 aromatic heterocycles. The summed E-state index contributed by atoms with van der Waals surface area (Å²) in [7, 11) is 0. The van der Waals surface area contributed by atoms with Gasteiger partial charge in [0.1, 0.15) is 0 Å². The maximum Gasteiger partial charge on any atom is 0.370 e. The average molecular weight is 323 g/mol. The number of fused-ring (bicyclic) bond motifs is 2. The summed E-state index contributed by atoms with van der Waals surface area (Å²) in [6.07, 6.45) is 0. The van der Waals surface area contributed by atoms with E-state index in [2.05, 4.69) is 19.1 Å². The number of hydrogen-bond donors (Lipinski definition) is 0. The Balaban J connectivity index is 1.90. The van der Waals surface area contributed by atoms with Crippen LogP contribution in [0.3, 0.4) is 0 Å². The molecule has 2 nitrogen and oxygen atoms in total. The predicted molar refractivity (Wildman–Crippen MR) is 99.7 cm³/mol. The van der Waals surface area contributed by atoms with Gasteiger partial charge in [-0.1, -0.05) is 54.1 Å². The summed E-state index contributed by atoms with van der Waals surface area (Å²) in [5.74, 6) is 1.65. The van der Waals surface area contributed by atoms with Gasteiger partial charge in [-0.15, -0.1) is 0 Å². The van der Waals surface area contributed by atoms with Gasteiger partial charge in [-0.25, -0.2) is 4.42 Å². The quantitative estimate of drug-likeness (QED) is 0.359. The van der Waals surface area contributed by atoms with E-state index in [0.717, 1.165) is 33.4 Å². The zero-order chi connectivity index (χ0) is 17.0. The van der Waals surface area contributed by atoms with Crippen LogP contribution in [-0.2, 0) is 0 Å². The van der Waals surface area contributed by atoms with Gasteiger partial charge in [-0.2, -0.15) is 0 Å². The Kier molecular flexibility index (Phi) is 2.89. The van der Waals surface area contributed by atoms with Crippen LogP contribution in [0, 0.1) is 6.92 Å². The molecule has 0 aliphatic heterocycles. The zero-order valence-electron chi connectivity index (χ0n) is 13.7. The van der Waals surface area contributed by atoms with Crippen LogP contribution in [-0.4, -0.2) is 5.78 Å². The Hall–Kier alpha value is -3.26. The lowest BCUT2D eigenvalue weighted by molar-refractivity contribution is 0.103. The molecule has 0 saturated carbocycles. The summed E-state index contributed by atoms with van der Waals surface area (Å²) in [4.78, 5) is 12.9. The molecule has 0 bridgehead atoms. The van der Waals surface area contributed by atoms with Crippen LogP contribution in [0.5, 0.6) is 0 Å². The first-order valence-corrected chi connectivity index (χ1v) is 8.33. The number of hydrogen-bond acceptors (Lipinski definition) is 1. The van der Waals surface area contributed by atoms with Crippen molar-refractivity contribution < 1.29 is 9.21 Å². The lowest BCUT2D eigenvalue weighted by atomic mass is 9.86. The summed E-state index contributed by atoms with van der Waals surface area (Å²) in [5, 5.41) is 1.93. The second-order valence-corrected chi connectivity index (χ2v) is 6.45. The van der Waals surface area contributed by atoms with Crippen LogP contribution in [0.1, 0.15) is 21.5 Å². The molecule has 4 aromatic rings. The second-order valence-electron chi connectivity index (χ2n) is 6.45. The SMILES string of the molecule is Cc1cccc(-c2cc3cccc4c3c([o+]2)-c2ccccc2C4=O)c1. The number of rotatable bonds is 1. The van der Waals surface area contributed by atoms with E-state index in [1.165, 1.54) is 5.56 Å². The number of carbonyl (C=O) groups is 1. The zero-order valence-corrected chi connectivity index (χ0v) is 13.7. The molecule has 3 aromatic carbocycles. The summed E-state index contributed by atoms with van der Waals surface area (Å²) >= 11 is 0. The van der Waals surface area contributed by atoms with Crippen molar-refractivity contribution in [2.75, 3.05) is 0 Å². The summed E-state index contributed by atoms with van der Waals surface area (Å²) in [6.45, 7) is 2.07. The Morgan fingerprint density at radius 1 is 0.760 bits per heavy atom. The summed E-state index contributed by atoms with van der Waals surface area (Å²) < 4.78 is 6.34. The number of aryl methyl sites for hydroxylation is 1. The minimum absolute atomic E-state index is 0.0622. The molecule has 1 aliphatic carbocycles. The largest absolute Gasteiger partial charge is 0.370 e. The highest BCUT2D eigenvalue weighted by Gasteiger charge is 2.34. The van der Waals surface area contributed by atoms with Gasteiger partial charge in [0.05, 0.1) is 22.6 Å². The van der Waals surface area contributed by atoms with E-state index in [1.54, 1.807) is 0 Å². The minimum Gasteiger partial charge on any atom is -0.289 e.